The van der Waals surface area contributed by atoms with Crippen molar-refractivity contribution in [2.75, 3.05) is 33.7 Å². The first-order valence-corrected chi connectivity index (χ1v) is 10.1. The van der Waals surface area contributed by atoms with E-state index in [1.165, 1.54) is 4.31 Å². The molecule has 0 aliphatic carbocycles. The van der Waals surface area contributed by atoms with Crippen molar-refractivity contribution in [1.82, 2.24) is 24.1 Å². The molecular weight excluding hydrogens is 338 g/mol. The van der Waals surface area contributed by atoms with E-state index < -0.39 is 10.0 Å². The topological polar surface area (TPSA) is 70.5 Å². The maximum absolute atomic E-state index is 12.4. The predicted octanol–water partition coefficient (Wildman–Crippen LogP) is 1.10. The zero-order valence-electron chi connectivity index (χ0n) is 15.4. The molecule has 1 fully saturated rings. The molecule has 1 aliphatic rings. The number of hydrogen-bond acceptors (Lipinski definition) is 5. The normalized spacial score (nSPS) is 19.8. The highest BCUT2D eigenvalue weighted by atomic mass is 32.2. The number of aryl methyl sites for hydroxylation is 1. The van der Waals surface area contributed by atoms with Gasteiger partial charge in [-0.1, -0.05) is 0 Å². The van der Waals surface area contributed by atoms with Gasteiger partial charge in [-0.05, 0) is 32.0 Å². The van der Waals surface area contributed by atoms with E-state index in [4.69, 9.17) is 4.98 Å². The van der Waals surface area contributed by atoms with Crippen LogP contribution in [-0.2, 0) is 23.1 Å². The summed E-state index contributed by atoms with van der Waals surface area (Å²) < 4.78 is 28.2. The van der Waals surface area contributed by atoms with E-state index in [0.29, 0.717) is 6.04 Å². The summed E-state index contributed by atoms with van der Waals surface area (Å²) in [6, 6.07) is 5.68. The van der Waals surface area contributed by atoms with Crippen LogP contribution in [0.1, 0.15) is 19.7 Å². The first-order valence-electron chi connectivity index (χ1n) is 8.71. The summed E-state index contributed by atoms with van der Waals surface area (Å²) in [6.07, 6.45) is 0. The number of rotatable bonds is 5. The average molecular weight is 366 g/mol. The molecule has 8 heteroatoms. The lowest BCUT2D eigenvalue weighted by Crippen LogP contribution is -2.49. The highest BCUT2D eigenvalue weighted by Crippen LogP contribution is 2.23. The molecule has 0 saturated carbocycles. The van der Waals surface area contributed by atoms with Crippen molar-refractivity contribution in [3.63, 3.8) is 0 Å². The van der Waals surface area contributed by atoms with Crippen LogP contribution in [0.2, 0.25) is 0 Å². The van der Waals surface area contributed by atoms with Crippen molar-refractivity contribution in [3.05, 3.63) is 24.0 Å². The maximum atomic E-state index is 12.4. The van der Waals surface area contributed by atoms with Crippen molar-refractivity contribution < 1.29 is 8.42 Å². The van der Waals surface area contributed by atoms with Crippen molar-refractivity contribution in [2.24, 2.45) is 0 Å². The van der Waals surface area contributed by atoms with Gasteiger partial charge in [-0.2, -0.15) is 0 Å². The third-order valence-corrected chi connectivity index (χ3v) is 6.69. The Hall–Kier alpha value is -1.48. The summed E-state index contributed by atoms with van der Waals surface area (Å²) in [5, 5.41) is 3.40. The van der Waals surface area contributed by atoms with E-state index in [9.17, 15) is 8.42 Å². The van der Waals surface area contributed by atoms with Gasteiger partial charge in [0.05, 0.1) is 22.5 Å². The van der Waals surface area contributed by atoms with Crippen LogP contribution in [0.3, 0.4) is 0 Å². The predicted molar refractivity (Wildman–Crippen MR) is 99.0 cm³/mol. The number of piperazine rings is 1. The fraction of sp³-hybridized carbons (Fsp3) is 0.588. The third-order valence-electron chi connectivity index (χ3n) is 4.88. The van der Waals surface area contributed by atoms with Crippen LogP contribution in [0.15, 0.2) is 23.1 Å². The molecular formula is C17H27N5O2S. The zero-order valence-corrected chi connectivity index (χ0v) is 16.2. The zero-order chi connectivity index (χ0) is 18.2. The molecule has 1 saturated heterocycles. The van der Waals surface area contributed by atoms with Gasteiger partial charge in [0.25, 0.3) is 0 Å². The molecule has 1 N–H and O–H groups in total. The number of nitrogens with one attached hydrogen (secondary N) is 1. The molecule has 0 bridgehead atoms. The second-order valence-corrected chi connectivity index (χ2v) is 8.89. The fourth-order valence-corrected chi connectivity index (χ4v) is 4.23. The molecule has 1 aromatic carbocycles. The van der Waals surface area contributed by atoms with Gasteiger partial charge in [0.1, 0.15) is 5.82 Å². The van der Waals surface area contributed by atoms with E-state index >= 15 is 0 Å². The Morgan fingerprint density at radius 1 is 1.36 bits per heavy atom. The largest absolute Gasteiger partial charge is 0.327 e. The summed E-state index contributed by atoms with van der Waals surface area (Å²) in [6.45, 7) is 8.87. The van der Waals surface area contributed by atoms with Gasteiger partial charge < -0.3 is 9.88 Å². The molecule has 1 aromatic heterocycles. The highest BCUT2D eigenvalue weighted by molar-refractivity contribution is 7.89. The van der Waals surface area contributed by atoms with E-state index in [1.807, 2.05) is 6.07 Å². The van der Waals surface area contributed by atoms with Gasteiger partial charge in [0, 0.05) is 46.3 Å². The Bertz CT molecular complexity index is 859. The number of aromatic nitrogens is 2. The quantitative estimate of drug-likeness (QED) is 0.859. The molecule has 0 unspecified atom stereocenters. The van der Waals surface area contributed by atoms with Crippen LogP contribution in [0.5, 0.6) is 0 Å². The van der Waals surface area contributed by atoms with Crippen molar-refractivity contribution in [3.8, 4) is 0 Å². The number of fused-ring (bicyclic) bond motifs is 1. The molecule has 1 aliphatic heterocycles. The molecule has 3 rings (SSSR count). The minimum absolute atomic E-state index is 0.285. The molecule has 7 nitrogen and oxygen atoms in total. The molecule has 138 valence electrons. The lowest BCUT2D eigenvalue weighted by Gasteiger charge is -2.33. The fourth-order valence-electron chi connectivity index (χ4n) is 3.30. The smallest absolute Gasteiger partial charge is 0.242 e. The van der Waals surface area contributed by atoms with Crippen LogP contribution in [-0.4, -0.2) is 66.9 Å². The summed E-state index contributed by atoms with van der Waals surface area (Å²) in [4.78, 5) is 7.47. The molecule has 0 amide bonds. The number of benzene rings is 1. The van der Waals surface area contributed by atoms with Crippen LogP contribution in [0.4, 0.5) is 0 Å². The lowest BCUT2D eigenvalue weighted by atomic mass is 10.2. The van der Waals surface area contributed by atoms with Gasteiger partial charge in [-0.15, -0.1) is 0 Å². The minimum atomic E-state index is -3.45. The minimum Gasteiger partial charge on any atom is -0.327 e. The summed E-state index contributed by atoms with van der Waals surface area (Å²) in [5.41, 5.74) is 1.72. The van der Waals surface area contributed by atoms with Crippen LogP contribution in [0.25, 0.3) is 11.0 Å². The highest BCUT2D eigenvalue weighted by Gasteiger charge is 2.22. The van der Waals surface area contributed by atoms with Gasteiger partial charge in [-0.3, -0.25) is 4.90 Å². The first kappa shape index (κ1) is 18.3. The van der Waals surface area contributed by atoms with Crippen molar-refractivity contribution >= 4 is 21.1 Å². The van der Waals surface area contributed by atoms with Crippen molar-refractivity contribution in [1.29, 1.82) is 0 Å². The Morgan fingerprint density at radius 3 is 2.76 bits per heavy atom. The molecule has 0 spiro atoms. The lowest BCUT2D eigenvalue weighted by molar-refractivity contribution is 0.160. The summed E-state index contributed by atoms with van der Waals surface area (Å²) >= 11 is 0. The Kier molecular flexibility index (Phi) is 5.15. The van der Waals surface area contributed by atoms with Gasteiger partial charge in [0.15, 0.2) is 0 Å². The average Bonchev–Trinajstić information content (AvgIpc) is 2.92. The van der Waals surface area contributed by atoms with Crippen LogP contribution < -0.4 is 5.32 Å². The van der Waals surface area contributed by atoms with E-state index in [-0.39, 0.29) is 4.90 Å². The second kappa shape index (κ2) is 7.03. The SMILES string of the molecule is CCn1c(CN2CCNC[C@H]2C)nc2cc(S(=O)(=O)N(C)C)ccc21. The van der Waals surface area contributed by atoms with Crippen LogP contribution >= 0.6 is 0 Å². The molecule has 2 aromatic rings. The third kappa shape index (κ3) is 3.44. The first-order chi connectivity index (χ1) is 11.8. The standard InChI is InChI=1S/C17H27N5O2S/c1-5-22-16-7-6-14(25(23,24)20(3)4)10-15(16)19-17(22)12-21-9-8-18-11-13(21)2/h6-7,10,13,18H,5,8-9,11-12H2,1-4H3/t13-/m1/s1. The Morgan fingerprint density at radius 2 is 2.12 bits per heavy atom. The number of hydrogen-bond donors (Lipinski definition) is 1. The van der Waals surface area contributed by atoms with Gasteiger partial charge >= 0.3 is 0 Å². The Balaban J connectivity index is 1.99. The Labute approximate surface area is 149 Å². The molecule has 2 heterocycles. The number of sulfonamides is 1. The van der Waals surface area contributed by atoms with Crippen LogP contribution in [0, 0.1) is 0 Å². The number of nitrogens with zero attached hydrogens (tertiary/aromatic N) is 4. The summed E-state index contributed by atoms with van der Waals surface area (Å²) in [5.74, 6) is 0.991. The van der Waals surface area contributed by atoms with E-state index in [2.05, 4.69) is 28.6 Å². The maximum Gasteiger partial charge on any atom is 0.242 e. The van der Waals surface area contributed by atoms with E-state index in [1.54, 1.807) is 26.2 Å². The van der Waals surface area contributed by atoms with Gasteiger partial charge in [0.2, 0.25) is 10.0 Å². The van der Waals surface area contributed by atoms with Gasteiger partial charge in [-0.25, -0.2) is 17.7 Å². The summed E-state index contributed by atoms with van der Waals surface area (Å²) in [7, 11) is -0.363. The molecule has 1 atom stereocenters. The molecule has 0 radical (unpaired) electrons. The van der Waals surface area contributed by atoms with Crippen molar-refractivity contribution in [2.45, 2.75) is 37.9 Å². The monoisotopic (exact) mass is 365 g/mol. The number of imidazole rings is 1. The molecule has 25 heavy (non-hydrogen) atoms. The second-order valence-electron chi connectivity index (χ2n) is 6.73. The van der Waals surface area contributed by atoms with E-state index in [0.717, 1.165) is 49.6 Å².